The SMILES string of the molecule is Nc1ccc(NC(=O)[C@H]2CCCN2C(=O)[C@@H]2CCCN2C(=O)CC(c2ccccc2)(c2ccccc2)c2ccccc2)cc1. The molecule has 0 saturated carbocycles. The average Bonchev–Trinajstić information content (AvgIpc) is 3.77. The van der Waals surface area contributed by atoms with Crippen LogP contribution in [-0.2, 0) is 19.8 Å². The largest absolute Gasteiger partial charge is 0.399 e. The van der Waals surface area contributed by atoms with Crippen molar-refractivity contribution in [3.63, 3.8) is 0 Å². The molecule has 4 aromatic rings. The first-order valence-electron chi connectivity index (χ1n) is 15.4. The number of hydrogen-bond donors (Lipinski definition) is 2. The summed E-state index contributed by atoms with van der Waals surface area (Å²) in [4.78, 5) is 45.3. The highest BCUT2D eigenvalue weighted by Crippen LogP contribution is 2.43. The lowest BCUT2D eigenvalue weighted by molar-refractivity contribution is -0.146. The maximum atomic E-state index is 14.5. The molecule has 7 nitrogen and oxygen atoms in total. The number of nitrogens with one attached hydrogen (secondary N) is 1. The van der Waals surface area contributed by atoms with Crippen molar-refractivity contribution in [3.8, 4) is 0 Å². The third kappa shape index (κ3) is 5.70. The summed E-state index contributed by atoms with van der Waals surface area (Å²) in [5.41, 5.74) is 9.36. The van der Waals surface area contributed by atoms with Crippen molar-refractivity contribution in [1.29, 1.82) is 0 Å². The number of nitrogens with two attached hydrogens (primary N) is 1. The molecule has 2 atom stereocenters. The molecule has 0 radical (unpaired) electrons. The monoisotopic (exact) mass is 586 g/mol. The Bertz CT molecular complexity index is 1500. The molecule has 0 bridgehead atoms. The van der Waals surface area contributed by atoms with Crippen LogP contribution in [0.15, 0.2) is 115 Å². The van der Waals surface area contributed by atoms with Crippen LogP contribution < -0.4 is 11.1 Å². The Kier molecular flexibility index (Phi) is 8.46. The zero-order valence-electron chi connectivity index (χ0n) is 24.8. The van der Waals surface area contributed by atoms with Gasteiger partial charge in [-0.3, -0.25) is 14.4 Å². The summed E-state index contributed by atoms with van der Waals surface area (Å²) in [6.07, 6.45) is 2.84. The summed E-state index contributed by atoms with van der Waals surface area (Å²) in [7, 11) is 0. The van der Waals surface area contributed by atoms with Gasteiger partial charge in [-0.25, -0.2) is 0 Å². The molecule has 224 valence electrons. The smallest absolute Gasteiger partial charge is 0.247 e. The Morgan fingerprint density at radius 1 is 0.659 bits per heavy atom. The number of nitrogens with zero attached hydrogens (tertiary/aromatic N) is 2. The van der Waals surface area contributed by atoms with E-state index < -0.39 is 17.5 Å². The molecule has 3 N–H and O–H groups in total. The second-order valence-corrected chi connectivity index (χ2v) is 11.7. The molecular formula is C37H38N4O3. The van der Waals surface area contributed by atoms with E-state index in [9.17, 15) is 14.4 Å². The molecule has 6 rings (SSSR count). The van der Waals surface area contributed by atoms with Crippen molar-refractivity contribution >= 4 is 29.1 Å². The molecule has 2 heterocycles. The van der Waals surface area contributed by atoms with Gasteiger partial charge in [0, 0.05) is 30.9 Å². The topological polar surface area (TPSA) is 95.7 Å². The lowest BCUT2D eigenvalue weighted by Crippen LogP contribution is -2.52. The minimum atomic E-state index is -0.744. The minimum absolute atomic E-state index is 0.0699. The standard InChI is InChI=1S/C37H38N4O3/c38-30-20-22-31(23-21-30)39-35(43)32-18-10-25-41(32)36(44)33-19-11-24-40(33)34(42)26-37(27-12-4-1-5-13-27,28-14-6-2-7-15-28)29-16-8-3-9-17-29/h1-9,12-17,20-23,32-33H,10-11,18-19,24-26,38H2,(H,39,43)/t32-,33+/m1/s1. The zero-order chi connectivity index (χ0) is 30.5. The van der Waals surface area contributed by atoms with Crippen LogP contribution in [0.1, 0.15) is 48.8 Å². The second kappa shape index (κ2) is 12.8. The van der Waals surface area contributed by atoms with Crippen LogP contribution in [0.2, 0.25) is 0 Å². The number of nitrogen functional groups attached to an aromatic ring is 1. The molecule has 2 saturated heterocycles. The van der Waals surface area contributed by atoms with Crippen molar-refractivity contribution in [3.05, 3.63) is 132 Å². The average molecular weight is 587 g/mol. The summed E-state index contributed by atoms with van der Waals surface area (Å²) in [6, 6.07) is 36.3. The molecule has 7 heteroatoms. The third-order valence-corrected chi connectivity index (χ3v) is 9.09. The number of hydrogen-bond acceptors (Lipinski definition) is 4. The Hall–Kier alpha value is -4.91. The van der Waals surface area contributed by atoms with Crippen molar-refractivity contribution in [2.45, 2.75) is 49.6 Å². The lowest BCUT2D eigenvalue weighted by atomic mass is 9.67. The van der Waals surface area contributed by atoms with Crippen molar-refractivity contribution < 1.29 is 14.4 Å². The van der Waals surface area contributed by atoms with Crippen LogP contribution in [0.3, 0.4) is 0 Å². The summed E-state index contributed by atoms with van der Waals surface area (Å²) in [5, 5.41) is 2.94. The highest BCUT2D eigenvalue weighted by atomic mass is 16.2. The quantitative estimate of drug-likeness (QED) is 0.207. The molecule has 0 aromatic heterocycles. The molecule has 2 fully saturated rings. The molecule has 4 aromatic carbocycles. The fraction of sp³-hybridized carbons (Fsp3) is 0.270. The molecular weight excluding hydrogens is 548 g/mol. The van der Waals surface area contributed by atoms with E-state index >= 15 is 0 Å². The van der Waals surface area contributed by atoms with Gasteiger partial charge in [-0.15, -0.1) is 0 Å². The second-order valence-electron chi connectivity index (χ2n) is 11.7. The van der Waals surface area contributed by atoms with Crippen LogP contribution in [0, 0.1) is 0 Å². The summed E-state index contributed by atoms with van der Waals surface area (Å²) >= 11 is 0. The van der Waals surface area contributed by atoms with Gasteiger partial charge >= 0.3 is 0 Å². The fourth-order valence-corrected chi connectivity index (χ4v) is 6.91. The molecule has 0 unspecified atom stereocenters. The van der Waals surface area contributed by atoms with Gasteiger partial charge in [0.1, 0.15) is 12.1 Å². The van der Waals surface area contributed by atoms with E-state index in [2.05, 4.69) is 41.7 Å². The Labute approximate surface area is 258 Å². The van der Waals surface area contributed by atoms with Gasteiger partial charge in [0.25, 0.3) is 0 Å². The first kappa shape index (κ1) is 29.2. The number of carbonyl (C=O) groups excluding carboxylic acids is 3. The highest BCUT2D eigenvalue weighted by Gasteiger charge is 2.45. The van der Waals surface area contributed by atoms with Crippen LogP contribution in [0.4, 0.5) is 11.4 Å². The zero-order valence-corrected chi connectivity index (χ0v) is 24.8. The number of rotatable bonds is 8. The number of amides is 3. The van der Waals surface area contributed by atoms with Gasteiger partial charge in [0.2, 0.25) is 17.7 Å². The van der Waals surface area contributed by atoms with E-state index in [-0.39, 0.29) is 24.1 Å². The highest BCUT2D eigenvalue weighted by molar-refractivity contribution is 5.99. The van der Waals surface area contributed by atoms with Gasteiger partial charge in [-0.05, 0) is 66.6 Å². The van der Waals surface area contributed by atoms with Crippen molar-refractivity contribution in [1.82, 2.24) is 9.80 Å². The predicted octanol–water partition coefficient (Wildman–Crippen LogP) is 5.61. The van der Waals surface area contributed by atoms with E-state index in [0.29, 0.717) is 37.3 Å². The lowest BCUT2D eigenvalue weighted by Gasteiger charge is -2.38. The van der Waals surface area contributed by atoms with Gasteiger partial charge < -0.3 is 20.9 Å². The van der Waals surface area contributed by atoms with Gasteiger partial charge in [0.05, 0.1) is 5.41 Å². The van der Waals surface area contributed by atoms with Crippen LogP contribution in [0.25, 0.3) is 0 Å². The number of carbonyl (C=O) groups is 3. The molecule has 44 heavy (non-hydrogen) atoms. The van der Waals surface area contributed by atoms with Crippen LogP contribution in [0.5, 0.6) is 0 Å². The summed E-state index contributed by atoms with van der Waals surface area (Å²) < 4.78 is 0. The molecule has 3 amide bonds. The molecule has 0 aliphatic carbocycles. The van der Waals surface area contributed by atoms with E-state index in [1.807, 2.05) is 54.6 Å². The summed E-state index contributed by atoms with van der Waals surface area (Å²) in [5.74, 6) is -0.428. The fourth-order valence-electron chi connectivity index (χ4n) is 6.91. The van der Waals surface area contributed by atoms with Gasteiger partial charge in [-0.2, -0.15) is 0 Å². The van der Waals surface area contributed by atoms with Gasteiger partial charge in [0.15, 0.2) is 0 Å². The van der Waals surface area contributed by atoms with Crippen LogP contribution >= 0.6 is 0 Å². The van der Waals surface area contributed by atoms with E-state index in [1.54, 1.807) is 34.1 Å². The Morgan fingerprint density at radius 3 is 1.66 bits per heavy atom. The maximum Gasteiger partial charge on any atom is 0.247 e. The van der Waals surface area contributed by atoms with E-state index in [4.69, 9.17) is 5.73 Å². The normalized spacial score (nSPS) is 18.3. The van der Waals surface area contributed by atoms with Crippen molar-refractivity contribution in [2.75, 3.05) is 24.1 Å². The molecule has 0 spiro atoms. The minimum Gasteiger partial charge on any atom is -0.399 e. The first-order valence-corrected chi connectivity index (χ1v) is 15.4. The molecule has 2 aliphatic heterocycles. The van der Waals surface area contributed by atoms with Gasteiger partial charge in [-0.1, -0.05) is 91.0 Å². The van der Waals surface area contributed by atoms with Crippen molar-refractivity contribution in [2.24, 2.45) is 0 Å². The summed E-state index contributed by atoms with van der Waals surface area (Å²) in [6.45, 7) is 1.01. The first-order chi connectivity index (χ1) is 21.5. The van der Waals surface area contributed by atoms with E-state index in [0.717, 1.165) is 29.5 Å². The third-order valence-electron chi connectivity index (χ3n) is 9.09. The van der Waals surface area contributed by atoms with Crippen LogP contribution in [-0.4, -0.2) is 52.7 Å². The Balaban J connectivity index is 1.28. The maximum absolute atomic E-state index is 14.5. The molecule has 2 aliphatic rings. The van der Waals surface area contributed by atoms with E-state index in [1.165, 1.54) is 0 Å². The number of anilines is 2. The Morgan fingerprint density at radius 2 is 1.14 bits per heavy atom. The number of benzene rings is 4. The number of likely N-dealkylation sites (tertiary alicyclic amines) is 2. The predicted molar refractivity (Wildman–Crippen MR) is 173 cm³/mol.